The number of ether oxygens (including phenoxy) is 2. The van der Waals surface area contributed by atoms with E-state index in [4.69, 9.17) is 9.47 Å². The highest BCUT2D eigenvalue weighted by molar-refractivity contribution is 6.03. The van der Waals surface area contributed by atoms with E-state index >= 15 is 0 Å². The van der Waals surface area contributed by atoms with Gasteiger partial charge in [0.15, 0.2) is 0 Å². The van der Waals surface area contributed by atoms with Crippen molar-refractivity contribution in [2.75, 3.05) is 36.5 Å². The highest BCUT2D eigenvalue weighted by Gasteiger charge is 2.75. The molecule has 2 N–H and O–H groups in total. The SMILES string of the molecule is CCOC(=O)[C@@H]1[C@H]2C(=O)N([C@@H](CO)Cc3ccccc3)[C@H](C(=O)Nc3ccc(N(CC)CC)cc3)[C@]23CC[C@H]1O3. The summed E-state index contributed by atoms with van der Waals surface area (Å²) in [6, 6.07) is 15.5. The van der Waals surface area contributed by atoms with Crippen LogP contribution in [0.2, 0.25) is 0 Å². The van der Waals surface area contributed by atoms with Crippen LogP contribution in [-0.2, 0) is 30.3 Å². The van der Waals surface area contributed by atoms with Gasteiger partial charge in [0.25, 0.3) is 0 Å². The Bertz CT molecular complexity index is 1220. The summed E-state index contributed by atoms with van der Waals surface area (Å²) in [6.45, 7) is 7.51. The monoisotopic (exact) mass is 549 g/mol. The van der Waals surface area contributed by atoms with Gasteiger partial charge in [-0.3, -0.25) is 14.4 Å². The molecule has 3 aliphatic rings. The molecular formula is C31H39N3O6. The number of hydrogen-bond donors (Lipinski definition) is 2. The third-order valence-corrected chi connectivity index (χ3v) is 8.73. The molecule has 3 aliphatic heterocycles. The quantitative estimate of drug-likeness (QED) is 0.415. The Balaban J connectivity index is 1.49. The second-order valence-electron chi connectivity index (χ2n) is 10.8. The molecule has 5 rings (SSSR count). The highest BCUT2D eigenvalue weighted by atomic mass is 16.6. The van der Waals surface area contributed by atoms with E-state index in [1.807, 2.05) is 54.6 Å². The van der Waals surface area contributed by atoms with Gasteiger partial charge in [-0.15, -0.1) is 0 Å². The summed E-state index contributed by atoms with van der Waals surface area (Å²) >= 11 is 0. The molecule has 0 aliphatic carbocycles. The Morgan fingerprint density at radius 2 is 1.82 bits per heavy atom. The molecule has 0 radical (unpaired) electrons. The Labute approximate surface area is 235 Å². The van der Waals surface area contributed by atoms with Gasteiger partial charge in [0.1, 0.15) is 11.6 Å². The topological polar surface area (TPSA) is 108 Å². The zero-order chi connectivity index (χ0) is 28.4. The summed E-state index contributed by atoms with van der Waals surface area (Å²) in [7, 11) is 0. The van der Waals surface area contributed by atoms with E-state index < -0.39 is 41.6 Å². The summed E-state index contributed by atoms with van der Waals surface area (Å²) in [5.74, 6) is -2.80. The Hall–Kier alpha value is -3.43. The fraction of sp³-hybridized carbons (Fsp3) is 0.516. The summed E-state index contributed by atoms with van der Waals surface area (Å²) in [6.07, 6.45) is 0.928. The van der Waals surface area contributed by atoms with Crippen molar-refractivity contribution in [1.29, 1.82) is 0 Å². The molecule has 0 saturated carbocycles. The van der Waals surface area contributed by atoms with Gasteiger partial charge in [0.2, 0.25) is 11.8 Å². The number of esters is 1. The van der Waals surface area contributed by atoms with Crippen LogP contribution < -0.4 is 10.2 Å². The second-order valence-corrected chi connectivity index (χ2v) is 10.8. The summed E-state index contributed by atoms with van der Waals surface area (Å²) in [5.41, 5.74) is 1.43. The first kappa shape index (κ1) is 28.1. The van der Waals surface area contributed by atoms with Gasteiger partial charge < -0.3 is 29.7 Å². The number of amides is 2. The van der Waals surface area contributed by atoms with Gasteiger partial charge in [-0.2, -0.15) is 0 Å². The van der Waals surface area contributed by atoms with Gasteiger partial charge >= 0.3 is 5.97 Å². The number of anilines is 2. The molecule has 3 saturated heterocycles. The Morgan fingerprint density at radius 3 is 2.45 bits per heavy atom. The van der Waals surface area contributed by atoms with E-state index in [1.165, 1.54) is 4.90 Å². The lowest BCUT2D eigenvalue weighted by Crippen LogP contribution is -2.56. The number of rotatable bonds is 11. The van der Waals surface area contributed by atoms with Crippen LogP contribution in [-0.4, -0.2) is 77.9 Å². The zero-order valence-electron chi connectivity index (χ0n) is 23.4. The number of carbonyl (C=O) groups is 3. The van der Waals surface area contributed by atoms with Crippen LogP contribution in [0.25, 0.3) is 0 Å². The number of nitrogens with zero attached hydrogens (tertiary/aromatic N) is 2. The summed E-state index contributed by atoms with van der Waals surface area (Å²) < 4.78 is 11.8. The van der Waals surface area contributed by atoms with Crippen LogP contribution in [0.1, 0.15) is 39.2 Å². The zero-order valence-corrected chi connectivity index (χ0v) is 23.4. The number of carbonyl (C=O) groups excluding carboxylic acids is 3. The average Bonchev–Trinajstić information content (AvgIpc) is 3.61. The molecule has 3 heterocycles. The summed E-state index contributed by atoms with van der Waals surface area (Å²) in [4.78, 5) is 45.0. The minimum Gasteiger partial charge on any atom is -0.466 e. The summed E-state index contributed by atoms with van der Waals surface area (Å²) in [5, 5.41) is 13.5. The van der Waals surface area contributed by atoms with E-state index in [1.54, 1.807) is 6.92 Å². The number of hydrogen-bond acceptors (Lipinski definition) is 7. The van der Waals surface area contributed by atoms with Crippen LogP contribution in [0, 0.1) is 11.8 Å². The first-order chi connectivity index (χ1) is 19.4. The van der Waals surface area contributed by atoms with E-state index in [-0.39, 0.29) is 25.0 Å². The molecular weight excluding hydrogens is 510 g/mol. The molecule has 214 valence electrons. The lowest BCUT2D eigenvalue weighted by molar-refractivity contribution is -0.155. The standard InChI is InChI=1S/C31H39N3O6/c1-4-33(5-2)22-14-12-21(13-15-22)32-28(36)27-31-17-16-24(40-31)25(30(38)39-6-3)26(31)29(37)34(27)23(19-35)18-20-10-8-7-9-11-20/h7-15,23-27,35H,4-6,16-19H2,1-3H3,(H,32,36)/t23-,24-,25+,26+,27-,31+/m1/s1. The molecule has 3 fully saturated rings. The first-order valence-electron chi connectivity index (χ1n) is 14.4. The van der Waals surface area contributed by atoms with E-state index in [0.29, 0.717) is 24.9 Å². The minimum atomic E-state index is -1.16. The maximum absolute atomic E-state index is 14.2. The lowest BCUT2D eigenvalue weighted by Gasteiger charge is -2.36. The van der Waals surface area contributed by atoms with Crippen molar-refractivity contribution in [3.63, 3.8) is 0 Å². The van der Waals surface area contributed by atoms with Crippen LogP contribution in [0.3, 0.4) is 0 Å². The predicted octanol–water partition coefficient (Wildman–Crippen LogP) is 3.01. The molecule has 6 atom stereocenters. The van der Waals surface area contributed by atoms with Gasteiger partial charge in [0, 0.05) is 24.5 Å². The highest BCUT2D eigenvalue weighted by Crippen LogP contribution is 2.59. The van der Waals surface area contributed by atoms with Crippen LogP contribution >= 0.6 is 0 Å². The molecule has 2 bridgehead atoms. The van der Waals surface area contributed by atoms with E-state index in [9.17, 15) is 19.5 Å². The molecule has 40 heavy (non-hydrogen) atoms. The van der Waals surface area contributed by atoms with Crippen molar-refractivity contribution in [3.05, 3.63) is 60.2 Å². The Morgan fingerprint density at radius 1 is 1.12 bits per heavy atom. The molecule has 2 amide bonds. The van der Waals surface area contributed by atoms with Crippen molar-refractivity contribution >= 4 is 29.2 Å². The van der Waals surface area contributed by atoms with Gasteiger partial charge in [-0.25, -0.2) is 0 Å². The van der Waals surface area contributed by atoms with Crippen molar-refractivity contribution in [2.45, 2.75) is 63.8 Å². The second kappa shape index (κ2) is 11.6. The molecule has 2 aromatic carbocycles. The minimum absolute atomic E-state index is 0.195. The van der Waals surface area contributed by atoms with Crippen molar-refractivity contribution in [1.82, 2.24) is 4.90 Å². The van der Waals surface area contributed by atoms with E-state index in [2.05, 4.69) is 24.1 Å². The normalized spacial score (nSPS) is 27.4. The maximum atomic E-state index is 14.2. The third-order valence-electron chi connectivity index (χ3n) is 8.73. The van der Waals surface area contributed by atoms with Gasteiger partial charge in [0.05, 0.1) is 37.2 Å². The fourth-order valence-electron chi connectivity index (χ4n) is 6.98. The molecule has 2 aromatic rings. The molecule has 9 nitrogen and oxygen atoms in total. The number of benzene rings is 2. The van der Waals surface area contributed by atoms with Crippen molar-refractivity contribution in [2.24, 2.45) is 11.8 Å². The third kappa shape index (κ3) is 4.75. The number of aliphatic hydroxyl groups is 1. The van der Waals surface area contributed by atoms with Gasteiger partial charge in [-0.1, -0.05) is 30.3 Å². The smallest absolute Gasteiger partial charge is 0.312 e. The van der Waals surface area contributed by atoms with Crippen molar-refractivity contribution < 1.29 is 29.0 Å². The fourth-order valence-corrected chi connectivity index (χ4v) is 6.98. The van der Waals surface area contributed by atoms with Crippen molar-refractivity contribution in [3.8, 4) is 0 Å². The number of nitrogens with one attached hydrogen (secondary N) is 1. The molecule has 1 spiro atoms. The van der Waals surface area contributed by atoms with E-state index in [0.717, 1.165) is 24.3 Å². The van der Waals surface area contributed by atoms with Gasteiger partial charge in [-0.05, 0) is 69.9 Å². The van der Waals surface area contributed by atoms with Crippen LogP contribution in [0.15, 0.2) is 54.6 Å². The number of aliphatic hydroxyl groups excluding tert-OH is 1. The first-order valence-corrected chi connectivity index (χ1v) is 14.4. The number of fused-ring (bicyclic) bond motifs is 1. The number of likely N-dealkylation sites (tertiary alicyclic amines) is 1. The predicted molar refractivity (Wildman–Crippen MR) is 151 cm³/mol. The Kier molecular flexibility index (Phi) is 8.14. The molecule has 0 aromatic heterocycles. The van der Waals surface area contributed by atoms with Crippen LogP contribution in [0.5, 0.6) is 0 Å². The molecule has 0 unspecified atom stereocenters. The molecule has 9 heteroatoms. The maximum Gasteiger partial charge on any atom is 0.312 e. The average molecular weight is 550 g/mol. The largest absolute Gasteiger partial charge is 0.466 e. The van der Waals surface area contributed by atoms with Crippen LogP contribution in [0.4, 0.5) is 11.4 Å². The lowest BCUT2D eigenvalue weighted by atomic mass is 9.70.